The molecule has 0 aliphatic heterocycles. The van der Waals surface area contributed by atoms with E-state index in [1.54, 1.807) is 0 Å². The number of fused-ring (bicyclic) bond motifs is 1. The van der Waals surface area contributed by atoms with Gasteiger partial charge in [0, 0.05) is 24.3 Å². The smallest absolute Gasteiger partial charge is 0.0722 e. The summed E-state index contributed by atoms with van der Waals surface area (Å²) in [6.45, 7) is 4.00. The second-order valence-corrected chi connectivity index (χ2v) is 2.66. The van der Waals surface area contributed by atoms with E-state index in [4.69, 9.17) is 0 Å². The Labute approximate surface area is 85.0 Å². The fourth-order valence-electron chi connectivity index (χ4n) is 1.22. The number of benzene rings is 1. The number of aromatic nitrogens is 1. The maximum Gasteiger partial charge on any atom is 0.0722 e. The molecule has 2 heteroatoms. The van der Waals surface area contributed by atoms with E-state index in [1.165, 1.54) is 5.39 Å². The predicted octanol–water partition coefficient (Wildman–Crippen LogP) is 3.30. The van der Waals surface area contributed by atoms with Gasteiger partial charge >= 0.3 is 0 Å². The molecule has 74 valence electrons. The topological polar surface area (TPSA) is 24.9 Å². The van der Waals surface area contributed by atoms with Crippen molar-refractivity contribution < 1.29 is 0 Å². The zero-order valence-corrected chi connectivity index (χ0v) is 8.91. The fraction of sp³-hybridized carbons (Fsp3) is 0.250. The molecule has 0 aliphatic rings. The van der Waals surface area contributed by atoms with Crippen LogP contribution in [0.2, 0.25) is 0 Å². The molecule has 0 radical (unpaired) electrons. The Hall–Kier alpha value is -1.57. The molecule has 0 spiro atoms. The minimum atomic E-state index is 1.03. The third-order valence-electron chi connectivity index (χ3n) is 1.89. The maximum atomic E-state index is 4.25. The highest BCUT2D eigenvalue weighted by Crippen LogP contribution is 2.15. The van der Waals surface area contributed by atoms with E-state index in [0.717, 1.165) is 11.2 Å². The Balaban J connectivity index is 0.000000461. The summed E-state index contributed by atoms with van der Waals surface area (Å²) in [5, 5.41) is 4.26. The summed E-state index contributed by atoms with van der Waals surface area (Å²) >= 11 is 0. The molecule has 0 unspecified atom stereocenters. The lowest BCUT2D eigenvalue weighted by atomic mass is 10.2. The van der Waals surface area contributed by atoms with Crippen LogP contribution in [0.4, 0.5) is 5.69 Å². The van der Waals surface area contributed by atoms with Crippen LogP contribution in [0.15, 0.2) is 36.5 Å². The number of nitrogens with one attached hydrogen (secondary N) is 1. The SMILES string of the molecule is CC.CNc1ccc2cccnc2c1. The number of rotatable bonds is 1. The van der Waals surface area contributed by atoms with E-state index in [-0.39, 0.29) is 0 Å². The molecule has 2 nitrogen and oxygen atoms in total. The van der Waals surface area contributed by atoms with Gasteiger partial charge in [-0.1, -0.05) is 26.0 Å². The van der Waals surface area contributed by atoms with Gasteiger partial charge in [-0.25, -0.2) is 0 Å². The number of nitrogens with zero attached hydrogens (tertiary/aromatic N) is 1. The Kier molecular flexibility index (Phi) is 3.92. The number of anilines is 1. The third kappa shape index (κ3) is 2.22. The molecular weight excluding hydrogens is 172 g/mol. The Morgan fingerprint density at radius 1 is 1.14 bits per heavy atom. The zero-order chi connectivity index (χ0) is 10.4. The lowest BCUT2D eigenvalue weighted by molar-refractivity contribution is 1.40. The molecule has 2 aromatic rings. The molecule has 1 heterocycles. The van der Waals surface area contributed by atoms with Crippen LogP contribution in [0.5, 0.6) is 0 Å². The highest BCUT2D eigenvalue weighted by molar-refractivity contribution is 5.81. The van der Waals surface area contributed by atoms with Crippen molar-refractivity contribution in [1.29, 1.82) is 0 Å². The Bertz CT molecular complexity index is 396. The van der Waals surface area contributed by atoms with Gasteiger partial charge in [0.2, 0.25) is 0 Å². The van der Waals surface area contributed by atoms with Crippen LogP contribution in [0.3, 0.4) is 0 Å². The van der Waals surface area contributed by atoms with Crippen molar-refractivity contribution >= 4 is 16.6 Å². The van der Waals surface area contributed by atoms with Gasteiger partial charge in [-0.3, -0.25) is 4.98 Å². The first-order valence-corrected chi connectivity index (χ1v) is 4.93. The molecule has 1 aromatic heterocycles. The molecular formula is C12H16N2. The minimum Gasteiger partial charge on any atom is -0.388 e. The van der Waals surface area contributed by atoms with Gasteiger partial charge in [-0.2, -0.15) is 0 Å². The number of hydrogen-bond acceptors (Lipinski definition) is 2. The van der Waals surface area contributed by atoms with Crippen LogP contribution in [0.25, 0.3) is 10.9 Å². The lowest BCUT2D eigenvalue weighted by Gasteiger charge is -2.00. The van der Waals surface area contributed by atoms with Crippen LogP contribution in [-0.2, 0) is 0 Å². The molecule has 1 N–H and O–H groups in total. The average molecular weight is 188 g/mol. The molecule has 0 saturated carbocycles. The standard InChI is InChI=1S/C10H10N2.C2H6/c1-11-9-5-4-8-3-2-6-12-10(8)7-9;1-2/h2-7,11H,1H3;1-2H3. The Morgan fingerprint density at radius 2 is 1.93 bits per heavy atom. The van der Waals surface area contributed by atoms with Crippen molar-refractivity contribution in [1.82, 2.24) is 4.98 Å². The summed E-state index contributed by atoms with van der Waals surface area (Å²) in [5.74, 6) is 0. The first-order valence-electron chi connectivity index (χ1n) is 4.93. The summed E-state index contributed by atoms with van der Waals surface area (Å²) in [5.41, 5.74) is 2.13. The van der Waals surface area contributed by atoms with E-state index in [2.05, 4.69) is 22.4 Å². The summed E-state index contributed by atoms with van der Waals surface area (Å²) in [4.78, 5) is 4.25. The largest absolute Gasteiger partial charge is 0.388 e. The van der Waals surface area contributed by atoms with Crippen LogP contribution >= 0.6 is 0 Å². The normalized spacial score (nSPS) is 9.07. The Morgan fingerprint density at radius 3 is 2.64 bits per heavy atom. The van der Waals surface area contributed by atoms with Gasteiger partial charge in [0.15, 0.2) is 0 Å². The van der Waals surface area contributed by atoms with Gasteiger partial charge < -0.3 is 5.32 Å². The van der Waals surface area contributed by atoms with Crippen molar-refractivity contribution in [2.45, 2.75) is 13.8 Å². The van der Waals surface area contributed by atoms with E-state index >= 15 is 0 Å². The van der Waals surface area contributed by atoms with Crippen molar-refractivity contribution in [2.75, 3.05) is 12.4 Å². The number of hydrogen-bond donors (Lipinski definition) is 1. The van der Waals surface area contributed by atoms with Crippen LogP contribution in [0.1, 0.15) is 13.8 Å². The summed E-state index contributed by atoms with van der Waals surface area (Å²) in [7, 11) is 1.91. The highest BCUT2D eigenvalue weighted by atomic mass is 14.8. The third-order valence-corrected chi connectivity index (χ3v) is 1.89. The zero-order valence-electron chi connectivity index (χ0n) is 8.91. The maximum absolute atomic E-state index is 4.25. The van der Waals surface area contributed by atoms with Crippen LogP contribution in [0, 0.1) is 0 Å². The van der Waals surface area contributed by atoms with Gasteiger partial charge in [-0.15, -0.1) is 0 Å². The first-order chi connectivity index (χ1) is 6.90. The van der Waals surface area contributed by atoms with Crippen LogP contribution < -0.4 is 5.32 Å². The van der Waals surface area contributed by atoms with Crippen LogP contribution in [-0.4, -0.2) is 12.0 Å². The molecule has 14 heavy (non-hydrogen) atoms. The van der Waals surface area contributed by atoms with E-state index in [9.17, 15) is 0 Å². The molecule has 0 aliphatic carbocycles. The average Bonchev–Trinajstić information content (AvgIpc) is 2.31. The number of pyridine rings is 1. The minimum absolute atomic E-state index is 1.03. The van der Waals surface area contributed by atoms with Gasteiger partial charge in [-0.05, 0) is 18.2 Å². The monoisotopic (exact) mass is 188 g/mol. The summed E-state index contributed by atoms with van der Waals surface area (Å²) in [6.07, 6.45) is 1.81. The molecule has 1 aromatic carbocycles. The summed E-state index contributed by atoms with van der Waals surface area (Å²) in [6, 6.07) is 10.1. The fourth-order valence-corrected chi connectivity index (χ4v) is 1.22. The first kappa shape index (κ1) is 10.5. The lowest BCUT2D eigenvalue weighted by Crippen LogP contribution is -1.87. The second kappa shape index (κ2) is 5.22. The molecule has 0 atom stereocenters. The molecule has 0 saturated heterocycles. The van der Waals surface area contributed by atoms with Gasteiger partial charge in [0.05, 0.1) is 5.52 Å². The van der Waals surface area contributed by atoms with E-state index in [1.807, 2.05) is 45.3 Å². The van der Waals surface area contributed by atoms with Gasteiger partial charge in [0.1, 0.15) is 0 Å². The van der Waals surface area contributed by atoms with Crippen molar-refractivity contribution in [3.63, 3.8) is 0 Å². The predicted molar refractivity (Wildman–Crippen MR) is 62.6 cm³/mol. The van der Waals surface area contributed by atoms with E-state index < -0.39 is 0 Å². The van der Waals surface area contributed by atoms with Crippen molar-refractivity contribution in [3.8, 4) is 0 Å². The molecule has 0 fully saturated rings. The quantitative estimate of drug-likeness (QED) is 0.742. The van der Waals surface area contributed by atoms with E-state index in [0.29, 0.717) is 0 Å². The molecule has 0 amide bonds. The van der Waals surface area contributed by atoms with Gasteiger partial charge in [0.25, 0.3) is 0 Å². The van der Waals surface area contributed by atoms with Crippen molar-refractivity contribution in [3.05, 3.63) is 36.5 Å². The molecule has 2 rings (SSSR count). The van der Waals surface area contributed by atoms with Crippen molar-refractivity contribution in [2.24, 2.45) is 0 Å². The highest BCUT2D eigenvalue weighted by Gasteiger charge is 1.93. The second-order valence-electron chi connectivity index (χ2n) is 2.66. The summed E-state index contributed by atoms with van der Waals surface area (Å²) < 4.78 is 0. The molecule has 0 bridgehead atoms.